The summed E-state index contributed by atoms with van der Waals surface area (Å²) in [5.74, 6) is 1.78. The fourth-order valence-electron chi connectivity index (χ4n) is 4.77. The summed E-state index contributed by atoms with van der Waals surface area (Å²) >= 11 is 1.78. The van der Waals surface area contributed by atoms with Gasteiger partial charge in [0.05, 0.1) is 11.1 Å². The Hall–Kier alpha value is -3.35. The number of Topliss-reactive ketones (excluding diaryl/α,β-unsaturated/α-hetero) is 1. The Morgan fingerprint density at radius 2 is 2.06 bits per heavy atom. The fraction of sp³-hybridized carbons (Fsp3) is 0.222. The van der Waals surface area contributed by atoms with Crippen LogP contribution in [0, 0.1) is 6.92 Å². The lowest BCUT2D eigenvalue weighted by molar-refractivity contribution is 0.0951. The van der Waals surface area contributed by atoms with Crippen molar-refractivity contribution in [3.63, 3.8) is 0 Å². The summed E-state index contributed by atoms with van der Waals surface area (Å²) in [7, 11) is 2.01. The van der Waals surface area contributed by atoms with Gasteiger partial charge in [-0.05, 0) is 48.6 Å². The number of thiophene rings is 1. The second-order valence-corrected chi connectivity index (χ2v) is 9.71. The predicted octanol–water partition coefficient (Wildman–Crippen LogP) is 5.56. The number of aromatic nitrogens is 1. The highest BCUT2D eigenvalue weighted by molar-refractivity contribution is 7.09. The lowest BCUT2D eigenvalue weighted by Crippen LogP contribution is -2.33. The molecule has 6 rings (SSSR count). The number of carbonyl (C=O) groups is 1. The van der Waals surface area contributed by atoms with Gasteiger partial charge in [-0.1, -0.05) is 24.3 Å². The number of hydrogen-bond donors (Lipinski definition) is 0. The van der Waals surface area contributed by atoms with E-state index < -0.39 is 0 Å². The van der Waals surface area contributed by atoms with Gasteiger partial charge in [-0.3, -0.25) is 9.69 Å². The van der Waals surface area contributed by atoms with Gasteiger partial charge >= 0.3 is 0 Å². The van der Waals surface area contributed by atoms with E-state index in [2.05, 4.69) is 39.1 Å². The van der Waals surface area contributed by atoms with Crippen molar-refractivity contribution in [2.75, 3.05) is 13.3 Å². The third-order valence-corrected chi connectivity index (χ3v) is 7.39. The quantitative estimate of drug-likeness (QED) is 0.377. The molecule has 2 aliphatic rings. The standard InChI is InChI=1S/C27H24N2O3S/c1-17-12-23-21(15-29(16-31-23)10-9-19-6-5-11-33-19)27-25(17)26(30)24(32-27)13-18-14-28(2)22-8-4-3-7-20(18)22/h3-8,11-14H,9-10,15-16H2,1-2H3/b24-13-. The van der Waals surface area contributed by atoms with Crippen molar-refractivity contribution >= 4 is 34.1 Å². The fourth-order valence-corrected chi connectivity index (χ4v) is 5.47. The van der Waals surface area contributed by atoms with Crippen LogP contribution < -0.4 is 9.47 Å². The number of rotatable bonds is 4. The molecule has 6 heteroatoms. The van der Waals surface area contributed by atoms with Crippen LogP contribution in [0.2, 0.25) is 0 Å². The summed E-state index contributed by atoms with van der Waals surface area (Å²) in [4.78, 5) is 17.0. The normalized spacial score (nSPS) is 16.7. The van der Waals surface area contributed by atoms with Gasteiger partial charge in [0.25, 0.3) is 0 Å². The number of aryl methyl sites for hydroxylation is 2. The number of carbonyl (C=O) groups excluding carboxylic acids is 1. The maximum atomic E-state index is 13.4. The summed E-state index contributed by atoms with van der Waals surface area (Å²) < 4.78 is 14.4. The zero-order valence-corrected chi connectivity index (χ0v) is 19.4. The molecule has 2 aliphatic heterocycles. The summed E-state index contributed by atoms with van der Waals surface area (Å²) in [6.45, 7) is 4.10. The molecule has 0 saturated heterocycles. The third kappa shape index (κ3) is 3.46. The number of para-hydroxylation sites is 1. The average Bonchev–Trinajstić information content (AvgIpc) is 3.53. The lowest BCUT2D eigenvalue weighted by atomic mass is 9.98. The molecule has 0 bridgehead atoms. The Balaban J connectivity index is 1.33. The predicted molar refractivity (Wildman–Crippen MR) is 131 cm³/mol. The van der Waals surface area contributed by atoms with Crippen molar-refractivity contribution < 1.29 is 14.3 Å². The van der Waals surface area contributed by atoms with Crippen molar-refractivity contribution in [3.05, 3.63) is 86.9 Å². The Bertz CT molecular complexity index is 1420. The highest BCUT2D eigenvalue weighted by Gasteiger charge is 2.35. The molecule has 0 amide bonds. The van der Waals surface area contributed by atoms with Crippen LogP contribution in [-0.4, -0.2) is 28.5 Å². The summed E-state index contributed by atoms with van der Waals surface area (Å²) in [6, 6.07) is 14.4. The number of benzene rings is 2. The molecular weight excluding hydrogens is 432 g/mol. The molecule has 0 radical (unpaired) electrons. The van der Waals surface area contributed by atoms with Gasteiger partial charge in [0, 0.05) is 47.7 Å². The van der Waals surface area contributed by atoms with Gasteiger partial charge < -0.3 is 14.0 Å². The second kappa shape index (κ2) is 7.90. The van der Waals surface area contributed by atoms with Crippen molar-refractivity contribution in [3.8, 4) is 11.5 Å². The molecule has 0 N–H and O–H groups in total. The van der Waals surface area contributed by atoms with Crippen LogP contribution in [0.1, 0.15) is 31.9 Å². The van der Waals surface area contributed by atoms with Gasteiger partial charge in [0.15, 0.2) is 5.76 Å². The first kappa shape index (κ1) is 20.3. The van der Waals surface area contributed by atoms with Crippen molar-refractivity contribution in [2.24, 2.45) is 7.05 Å². The molecule has 5 nitrogen and oxygen atoms in total. The average molecular weight is 457 g/mol. The van der Waals surface area contributed by atoms with Crippen LogP contribution in [0.15, 0.2) is 59.8 Å². The number of ketones is 1. The van der Waals surface area contributed by atoms with Crippen molar-refractivity contribution in [1.29, 1.82) is 0 Å². The number of fused-ring (bicyclic) bond motifs is 4. The molecule has 0 atom stereocenters. The number of ether oxygens (including phenoxy) is 2. The monoisotopic (exact) mass is 456 g/mol. The molecule has 0 unspecified atom stereocenters. The van der Waals surface area contributed by atoms with E-state index in [1.165, 1.54) is 4.88 Å². The first-order chi connectivity index (χ1) is 16.1. The minimum absolute atomic E-state index is 0.0612. The van der Waals surface area contributed by atoms with Crippen LogP contribution in [0.5, 0.6) is 11.5 Å². The molecule has 4 aromatic rings. The van der Waals surface area contributed by atoms with Crippen LogP contribution >= 0.6 is 11.3 Å². The van der Waals surface area contributed by atoms with E-state index in [0.717, 1.165) is 46.3 Å². The highest BCUT2D eigenvalue weighted by Crippen LogP contribution is 2.44. The van der Waals surface area contributed by atoms with Gasteiger partial charge in [-0.15, -0.1) is 11.3 Å². The molecule has 33 heavy (non-hydrogen) atoms. The van der Waals surface area contributed by atoms with Crippen molar-refractivity contribution in [1.82, 2.24) is 9.47 Å². The number of hydrogen-bond acceptors (Lipinski definition) is 5. The van der Waals surface area contributed by atoms with E-state index in [1.54, 1.807) is 11.3 Å². The minimum atomic E-state index is -0.0612. The van der Waals surface area contributed by atoms with Crippen LogP contribution in [-0.2, 0) is 20.0 Å². The summed E-state index contributed by atoms with van der Waals surface area (Å²) in [5, 5.41) is 3.21. The Morgan fingerprint density at radius 1 is 1.18 bits per heavy atom. The largest absolute Gasteiger partial charge is 0.478 e. The van der Waals surface area contributed by atoms with Gasteiger partial charge in [0.2, 0.25) is 5.78 Å². The van der Waals surface area contributed by atoms with E-state index in [9.17, 15) is 4.79 Å². The van der Waals surface area contributed by atoms with Gasteiger partial charge in [0.1, 0.15) is 18.2 Å². The lowest BCUT2D eigenvalue weighted by Gasteiger charge is -2.30. The molecule has 166 valence electrons. The van der Waals surface area contributed by atoms with E-state index in [-0.39, 0.29) is 5.78 Å². The first-order valence-electron chi connectivity index (χ1n) is 11.1. The SMILES string of the molecule is Cc1cc2c(c3c1C(=O)/C(=C/c1cn(C)c4ccccc14)O3)CN(CCc1cccs1)CO2. The van der Waals surface area contributed by atoms with E-state index >= 15 is 0 Å². The summed E-state index contributed by atoms with van der Waals surface area (Å²) in [5.41, 5.74) is 4.61. The second-order valence-electron chi connectivity index (χ2n) is 8.68. The maximum absolute atomic E-state index is 13.4. The molecule has 0 saturated carbocycles. The number of allylic oxidation sites excluding steroid dienone is 1. The third-order valence-electron chi connectivity index (χ3n) is 6.46. The Kier molecular flexibility index (Phi) is 4.85. The topological polar surface area (TPSA) is 43.7 Å². The minimum Gasteiger partial charge on any atom is -0.478 e. The smallest absolute Gasteiger partial charge is 0.232 e. The molecule has 0 spiro atoms. The molecule has 0 fully saturated rings. The van der Waals surface area contributed by atoms with E-state index in [0.29, 0.717) is 30.3 Å². The van der Waals surface area contributed by atoms with Crippen LogP contribution in [0.3, 0.4) is 0 Å². The van der Waals surface area contributed by atoms with E-state index in [4.69, 9.17) is 9.47 Å². The van der Waals surface area contributed by atoms with Gasteiger partial charge in [-0.25, -0.2) is 0 Å². The van der Waals surface area contributed by atoms with Crippen molar-refractivity contribution in [2.45, 2.75) is 19.9 Å². The van der Waals surface area contributed by atoms with E-state index in [1.807, 2.05) is 44.4 Å². The first-order valence-corrected chi connectivity index (χ1v) is 12.0. The molecule has 2 aromatic heterocycles. The molecule has 2 aromatic carbocycles. The Labute approximate surface area is 196 Å². The molecular formula is C27H24N2O3S. The van der Waals surface area contributed by atoms with Crippen LogP contribution in [0.4, 0.5) is 0 Å². The summed E-state index contributed by atoms with van der Waals surface area (Å²) in [6.07, 6.45) is 4.89. The molecule has 4 heterocycles. The zero-order valence-electron chi connectivity index (χ0n) is 18.6. The number of nitrogens with zero attached hydrogens (tertiary/aromatic N) is 2. The Morgan fingerprint density at radius 3 is 2.91 bits per heavy atom. The van der Waals surface area contributed by atoms with Gasteiger partial charge in [-0.2, -0.15) is 0 Å². The zero-order chi connectivity index (χ0) is 22.5. The molecule has 0 aliphatic carbocycles. The van der Waals surface area contributed by atoms with Crippen LogP contribution in [0.25, 0.3) is 17.0 Å². The highest BCUT2D eigenvalue weighted by atomic mass is 32.1. The maximum Gasteiger partial charge on any atom is 0.232 e.